The predicted molar refractivity (Wildman–Crippen MR) is 104 cm³/mol. The molecule has 26 heavy (non-hydrogen) atoms. The lowest BCUT2D eigenvalue weighted by Crippen LogP contribution is -2.57. The minimum absolute atomic E-state index is 0.0934. The normalized spacial score (nSPS) is 24.8. The number of amides is 1. The van der Waals surface area contributed by atoms with Crippen LogP contribution in [0.1, 0.15) is 18.5 Å². The molecule has 1 amide bonds. The molecule has 0 radical (unpaired) electrons. The third kappa shape index (κ3) is 2.93. The highest BCUT2D eigenvalue weighted by atomic mass is 32.1. The monoisotopic (exact) mass is 366 g/mol. The average Bonchev–Trinajstić information content (AvgIpc) is 3.33. The summed E-state index contributed by atoms with van der Waals surface area (Å²) >= 11 is 1.72. The molecule has 3 aliphatic heterocycles. The number of carbonyl (C=O) groups is 1. The Hall–Kier alpha value is -2.18. The van der Waals surface area contributed by atoms with Crippen LogP contribution in [-0.2, 0) is 11.2 Å². The molecule has 0 spiro atoms. The zero-order valence-electron chi connectivity index (χ0n) is 14.6. The lowest BCUT2D eigenvalue weighted by atomic mass is 9.84. The van der Waals surface area contributed by atoms with Crippen LogP contribution in [0.5, 0.6) is 0 Å². The van der Waals surface area contributed by atoms with Gasteiger partial charge in [-0.3, -0.25) is 9.89 Å². The number of hydrogen-bond donors (Lipinski definition) is 2. The molecule has 6 rings (SSSR count). The van der Waals surface area contributed by atoms with E-state index < -0.39 is 0 Å². The number of rotatable bonds is 4. The van der Waals surface area contributed by atoms with E-state index in [0.717, 1.165) is 23.1 Å². The van der Waals surface area contributed by atoms with Gasteiger partial charge >= 0.3 is 0 Å². The Bertz CT molecular complexity index is 925. The second-order valence-corrected chi connectivity index (χ2v) is 8.35. The highest BCUT2D eigenvalue weighted by molar-refractivity contribution is 7.13. The van der Waals surface area contributed by atoms with Crippen molar-refractivity contribution in [2.75, 3.05) is 19.6 Å². The number of aromatic amines is 1. The molecule has 3 fully saturated rings. The van der Waals surface area contributed by atoms with Crippen LogP contribution in [0.3, 0.4) is 0 Å². The van der Waals surface area contributed by atoms with Crippen molar-refractivity contribution in [1.82, 2.24) is 20.4 Å². The summed E-state index contributed by atoms with van der Waals surface area (Å²) in [7, 11) is 0. The molecule has 3 aromatic rings. The van der Waals surface area contributed by atoms with E-state index in [1.807, 2.05) is 6.07 Å². The Morgan fingerprint density at radius 3 is 2.92 bits per heavy atom. The van der Waals surface area contributed by atoms with Gasteiger partial charge in [0.1, 0.15) is 0 Å². The van der Waals surface area contributed by atoms with Gasteiger partial charge in [0.15, 0.2) is 0 Å². The predicted octanol–water partition coefficient (Wildman–Crippen LogP) is 3.04. The van der Waals surface area contributed by atoms with Crippen molar-refractivity contribution in [3.05, 3.63) is 41.4 Å². The molecule has 2 N–H and O–H groups in total. The minimum atomic E-state index is 0.0934. The van der Waals surface area contributed by atoms with E-state index in [2.05, 4.69) is 50.1 Å². The summed E-state index contributed by atoms with van der Waals surface area (Å²) < 4.78 is 0. The highest BCUT2D eigenvalue weighted by Crippen LogP contribution is 2.29. The van der Waals surface area contributed by atoms with Crippen LogP contribution in [0.4, 0.5) is 0 Å². The van der Waals surface area contributed by atoms with Gasteiger partial charge in [0.25, 0.3) is 0 Å². The Morgan fingerprint density at radius 1 is 1.31 bits per heavy atom. The van der Waals surface area contributed by atoms with Gasteiger partial charge in [-0.1, -0.05) is 12.1 Å². The molecule has 6 heteroatoms. The molecule has 5 heterocycles. The lowest BCUT2D eigenvalue weighted by molar-refractivity contribution is -0.122. The van der Waals surface area contributed by atoms with E-state index in [1.165, 1.54) is 36.4 Å². The molecule has 134 valence electrons. The summed E-state index contributed by atoms with van der Waals surface area (Å²) in [5.74, 6) is 0.740. The molecule has 2 aromatic heterocycles. The van der Waals surface area contributed by atoms with E-state index in [4.69, 9.17) is 0 Å². The van der Waals surface area contributed by atoms with E-state index in [0.29, 0.717) is 18.4 Å². The van der Waals surface area contributed by atoms with Gasteiger partial charge in [-0.2, -0.15) is 5.10 Å². The van der Waals surface area contributed by atoms with E-state index in [-0.39, 0.29) is 5.91 Å². The average molecular weight is 366 g/mol. The second kappa shape index (κ2) is 6.52. The third-order valence-corrected chi connectivity index (χ3v) is 6.70. The summed E-state index contributed by atoms with van der Waals surface area (Å²) in [6.45, 7) is 3.38. The standard InChI is InChI=1S/C20H22N4OS/c25-20(21-18-12-24-7-5-13(18)6-8-24)11-17-15-10-14(19-2-1-9-26-19)3-4-16(15)22-23-17/h1-4,9-10,13,18H,5-8,11-12H2,(H,21,25)(H,22,23)/t18-/m0/s1. The number of aromatic nitrogens is 2. The van der Waals surface area contributed by atoms with Crippen LogP contribution in [0, 0.1) is 5.92 Å². The van der Waals surface area contributed by atoms with Crippen molar-refractivity contribution in [3.8, 4) is 10.4 Å². The number of H-pyrrole nitrogens is 1. The van der Waals surface area contributed by atoms with Gasteiger partial charge < -0.3 is 10.2 Å². The summed E-state index contributed by atoms with van der Waals surface area (Å²) in [6, 6.07) is 10.7. The number of nitrogens with zero attached hydrogens (tertiary/aromatic N) is 2. The number of piperidine rings is 3. The number of nitrogens with one attached hydrogen (secondary N) is 2. The first kappa shape index (κ1) is 16.0. The Kier molecular flexibility index (Phi) is 4.02. The molecular weight excluding hydrogens is 344 g/mol. The molecule has 0 unspecified atom stereocenters. The first-order valence-electron chi connectivity index (χ1n) is 9.29. The van der Waals surface area contributed by atoms with Crippen molar-refractivity contribution in [1.29, 1.82) is 0 Å². The van der Waals surface area contributed by atoms with E-state index in [1.54, 1.807) is 11.3 Å². The largest absolute Gasteiger partial charge is 0.351 e. The first-order valence-corrected chi connectivity index (χ1v) is 10.2. The molecule has 0 saturated carbocycles. The fraction of sp³-hybridized carbons (Fsp3) is 0.400. The zero-order chi connectivity index (χ0) is 17.5. The van der Waals surface area contributed by atoms with Crippen molar-refractivity contribution in [3.63, 3.8) is 0 Å². The molecule has 0 aliphatic carbocycles. The van der Waals surface area contributed by atoms with E-state index in [9.17, 15) is 4.79 Å². The molecular formula is C20H22N4OS. The number of benzene rings is 1. The molecule has 3 saturated heterocycles. The van der Waals surface area contributed by atoms with Gasteiger partial charge in [-0.15, -0.1) is 11.3 Å². The van der Waals surface area contributed by atoms with Gasteiger partial charge in [0, 0.05) is 22.8 Å². The fourth-order valence-electron chi connectivity index (χ4n) is 4.34. The maximum atomic E-state index is 12.6. The van der Waals surface area contributed by atoms with Gasteiger partial charge in [-0.05, 0) is 61.0 Å². The molecule has 3 aliphatic rings. The number of hydrogen-bond acceptors (Lipinski definition) is 4. The quantitative estimate of drug-likeness (QED) is 0.746. The summed E-state index contributed by atoms with van der Waals surface area (Å²) in [5, 5.41) is 13.8. The van der Waals surface area contributed by atoms with Crippen molar-refractivity contribution in [2.24, 2.45) is 5.92 Å². The van der Waals surface area contributed by atoms with Crippen LogP contribution in [-0.4, -0.2) is 46.7 Å². The van der Waals surface area contributed by atoms with Gasteiger partial charge in [0.05, 0.1) is 17.6 Å². The van der Waals surface area contributed by atoms with Crippen molar-refractivity contribution in [2.45, 2.75) is 25.3 Å². The maximum Gasteiger partial charge on any atom is 0.226 e. The van der Waals surface area contributed by atoms with Crippen LogP contribution < -0.4 is 5.32 Å². The summed E-state index contributed by atoms with van der Waals surface area (Å²) in [6.07, 6.45) is 2.78. The number of thiophene rings is 1. The van der Waals surface area contributed by atoms with Crippen molar-refractivity contribution >= 4 is 28.1 Å². The lowest BCUT2D eigenvalue weighted by Gasteiger charge is -2.44. The Morgan fingerprint density at radius 2 is 2.19 bits per heavy atom. The van der Waals surface area contributed by atoms with Gasteiger partial charge in [0.2, 0.25) is 5.91 Å². The minimum Gasteiger partial charge on any atom is -0.351 e. The second-order valence-electron chi connectivity index (χ2n) is 7.40. The summed E-state index contributed by atoms with van der Waals surface area (Å²) in [5.41, 5.74) is 2.99. The Balaban J connectivity index is 1.34. The SMILES string of the molecule is O=C(Cc1[nH]nc2ccc(-c3cccs3)cc12)N[C@H]1CN2CCC1CC2. The maximum absolute atomic E-state index is 12.6. The van der Waals surface area contributed by atoms with Gasteiger partial charge in [-0.25, -0.2) is 0 Å². The smallest absolute Gasteiger partial charge is 0.226 e. The van der Waals surface area contributed by atoms with Crippen LogP contribution >= 0.6 is 11.3 Å². The molecule has 5 nitrogen and oxygen atoms in total. The van der Waals surface area contributed by atoms with Crippen molar-refractivity contribution < 1.29 is 4.79 Å². The van der Waals surface area contributed by atoms with Crippen LogP contribution in [0.15, 0.2) is 35.7 Å². The first-order chi connectivity index (χ1) is 12.8. The number of fused-ring (bicyclic) bond motifs is 4. The third-order valence-electron chi connectivity index (χ3n) is 5.78. The topological polar surface area (TPSA) is 61.0 Å². The van der Waals surface area contributed by atoms with Crippen LogP contribution in [0.2, 0.25) is 0 Å². The Labute approximate surface area is 156 Å². The fourth-order valence-corrected chi connectivity index (χ4v) is 5.06. The highest BCUT2D eigenvalue weighted by Gasteiger charge is 2.34. The molecule has 2 bridgehead atoms. The molecule has 1 atom stereocenters. The molecule has 1 aromatic carbocycles. The van der Waals surface area contributed by atoms with E-state index >= 15 is 0 Å². The summed E-state index contributed by atoms with van der Waals surface area (Å²) in [4.78, 5) is 16.3. The zero-order valence-corrected chi connectivity index (χ0v) is 15.4. The number of carbonyl (C=O) groups excluding carboxylic acids is 1. The van der Waals surface area contributed by atoms with Crippen LogP contribution in [0.25, 0.3) is 21.3 Å².